The summed E-state index contributed by atoms with van der Waals surface area (Å²) in [5.41, 5.74) is 2.64. The second kappa shape index (κ2) is 8.43. The van der Waals surface area contributed by atoms with Gasteiger partial charge in [-0.05, 0) is 44.2 Å². The van der Waals surface area contributed by atoms with E-state index in [0.717, 1.165) is 16.2 Å². The number of hydrogen-bond donors (Lipinski definition) is 0. The van der Waals surface area contributed by atoms with E-state index in [0.29, 0.717) is 28.2 Å². The molecule has 0 atom stereocenters. The first-order chi connectivity index (χ1) is 15.0. The van der Waals surface area contributed by atoms with Gasteiger partial charge in [0.25, 0.3) is 11.8 Å². The molecule has 0 unspecified atom stereocenters. The lowest BCUT2D eigenvalue weighted by atomic mass is 10.1. The Morgan fingerprint density at radius 3 is 2.39 bits per heavy atom. The summed E-state index contributed by atoms with van der Waals surface area (Å²) in [4.78, 5) is 38.2. The largest absolute Gasteiger partial charge is 0.489 e. The molecule has 0 spiro atoms. The number of aromatic nitrogens is 1. The molecule has 0 bridgehead atoms. The maximum Gasteiger partial charge on any atom is 0.338 e. The van der Waals surface area contributed by atoms with Gasteiger partial charge in [-0.25, -0.2) is 4.79 Å². The fraction of sp³-hybridized carbons (Fsp3) is 0.217. The number of benzene rings is 2. The highest BCUT2D eigenvalue weighted by Crippen LogP contribution is 2.22. The number of aryl methyl sites for hydroxylation is 2. The highest BCUT2D eigenvalue weighted by molar-refractivity contribution is 6.21. The summed E-state index contributed by atoms with van der Waals surface area (Å²) < 4.78 is 16.1. The summed E-state index contributed by atoms with van der Waals surface area (Å²) >= 11 is 0. The van der Waals surface area contributed by atoms with Gasteiger partial charge < -0.3 is 14.0 Å². The van der Waals surface area contributed by atoms with E-state index in [1.165, 1.54) is 0 Å². The van der Waals surface area contributed by atoms with Crippen molar-refractivity contribution in [3.63, 3.8) is 0 Å². The molecule has 0 radical (unpaired) electrons. The van der Waals surface area contributed by atoms with Gasteiger partial charge in [-0.2, -0.15) is 0 Å². The maximum atomic E-state index is 12.4. The van der Waals surface area contributed by atoms with Gasteiger partial charge in [0.2, 0.25) is 0 Å². The fourth-order valence-corrected chi connectivity index (χ4v) is 3.33. The zero-order valence-corrected chi connectivity index (χ0v) is 17.1. The fourth-order valence-electron chi connectivity index (χ4n) is 3.33. The van der Waals surface area contributed by atoms with E-state index >= 15 is 0 Å². The van der Waals surface area contributed by atoms with E-state index < -0.39 is 5.97 Å². The number of hydrogen-bond acceptors (Lipinski definition) is 7. The van der Waals surface area contributed by atoms with Crippen LogP contribution in [0.5, 0.6) is 5.75 Å². The number of amides is 2. The van der Waals surface area contributed by atoms with Crippen LogP contribution in [-0.4, -0.2) is 41.0 Å². The van der Waals surface area contributed by atoms with Crippen molar-refractivity contribution >= 4 is 17.8 Å². The molecule has 0 N–H and O–H groups in total. The number of rotatable bonds is 7. The third kappa shape index (κ3) is 4.05. The molecule has 1 aromatic heterocycles. The van der Waals surface area contributed by atoms with Crippen molar-refractivity contribution in [2.45, 2.75) is 20.5 Å². The summed E-state index contributed by atoms with van der Waals surface area (Å²) in [5, 5.41) is 3.88. The van der Waals surface area contributed by atoms with Crippen LogP contribution in [0.4, 0.5) is 0 Å². The molecule has 31 heavy (non-hydrogen) atoms. The minimum atomic E-state index is -0.570. The molecule has 2 amide bonds. The lowest BCUT2D eigenvalue weighted by Gasteiger charge is -2.14. The van der Waals surface area contributed by atoms with Gasteiger partial charge in [0.15, 0.2) is 0 Å². The predicted molar refractivity (Wildman–Crippen MR) is 109 cm³/mol. The molecule has 0 saturated carbocycles. The van der Waals surface area contributed by atoms with Crippen LogP contribution in [0, 0.1) is 13.8 Å². The van der Waals surface area contributed by atoms with Crippen LogP contribution in [-0.2, 0) is 11.3 Å². The van der Waals surface area contributed by atoms with Crippen LogP contribution in [0.3, 0.4) is 0 Å². The lowest BCUT2D eigenvalue weighted by Crippen LogP contribution is -2.33. The first-order valence-corrected chi connectivity index (χ1v) is 9.72. The zero-order chi connectivity index (χ0) is 22.0. The Labute approximate surface area is 178 Å². The Balaban J connectivity index is 1.33. The zero-order valence-electron chi connectivity index (χ0n) is 17.1. The average molecular weight is 420 g/mol. The third-order valence-electron chi connectivity index (χ3n) is 5.06. The first kappa shape index (κ1) is 20.3. The molecular weight excluding hydrogens is 400 g/mol. The van der Waals surface area contributed by atoms with Gasteiger partial charge in [0.1, 0.15) is 24.7 Å². The number of imide groups is 1. The SMILES string of the molecule is Cc1noc(C)c1COc1cccc(C(=O)OCCN2C(=O)c3ccccc3C2=O)c1. The van der Waals surface area contributed by atoms with Crippen LogP contribution >= 0.6 is 0 Å². The van der Waals surface area contributed by atoms with Crippen LogP contribution in [0.25, 0.3) is 0 Å². The van der Waals surface area contributed by atoms with Gasteiger partial charge in [0, 0.05) is 0 Å². The Morgan fingerprint density at radius 2 is 1.74 bits per heavy atom. The van der Waals surface area contributed by atoms with Crippen molar-refractivity contribution in [1.82, 2.24) is 10.1 Å². The molecule has 158 valence electrons. The number of ether oxygens (including phenoxy) is 2. The van der Waals surface area contributed by atoms with E-state index in [9.17, 15) is 14.4 Å². The van der Waals surface area contributed by atoms with Gasteiger partial charge in [0.05, 0.1) is 34.5 Å². The van der Waals surface area contributed by atoms with Crippen molar-refractivity contribution in [3.05, 3.63) is 82.2 Å². The van der Waals surface area contributed by atoms with Gasteiger partial charge in [-0.1, -0.05) is 23.4 Å². The normalized spacial score (nSPS) is 12.8. The van der Waals surface area contributed by atoms with E-state index in [1.54, 1.807) is 55.5 Å². The Morgan fingerprint density at radius 1 is 1.03 bits per heavy atom. The molecule has 2 aromatic carbocycles. The summed E-state index contributed by atoms with van der Waals surface area (Å²) in [6.07, 6.45) is 0. The monoisotopic (exact) mass is 420 g/mol. The smallest absolute Gasteiger partial charge is 0.338 e. The molecule has 1 aliphatic heterocycles. The molecule has 8 heteroatoms. The van der Waals surface area contributed by atoms with Gasteiger partial charge in [-0.3, -0.25) is 14.5 Å². The second-order valence-corrected chi connectivity index (χ2v) is 7.06. The summed E-state index contributed by atoms with van der Waals surface area (Å²) in [6.45, 7) is 3.78. The highest BCUT2D eigenvalue weighted by atomic mass is 16.5. The Bertz CT molecular complexity index is 1110. The standard InChI is InChI=1S/C23H20N2O6/c1-14-20(15(2)31-24-14)13-30-17-7-5-6-16(12-17)23(28)29-11-10-25-21(26)18-8-3-4-9-19(18)22(25)27/h3-9,12H,10-11,13H2,1-2H3. The quantitative estimate of drug-likeness (QED) is 0.427. The van der Waals surface area contributed by atoms with Crippen molar-refractivity contribution in [2.75, 3.05) is 13.2 Å². The second-order valence-electron chi connectivity index (χ2n) is 7.06. The number of carbonyl (C=O) groups excluding carboxylic acids is 3. The van der Waals surface area contributed by atoms with Crippen LogP contribution in [0.1, 0.15) is 48.1 Å². The number of carbonyl (C=O) groups is 3. The summed E-state index contributed by atoms with van der Waals surface area (Å²) in [7, 11) is 0. The molecule has 3 aromatic rings. The van der Waals surface area contributed by atoms with Crippen molar-refractivity contribution in [3.8, 4) is 5.75 Å². The number of esters is 1. The van der Waals surface area contributed by atoms with Crippen LogP contribution in [0.15, 0.2) is 53.1 Å². The Kier molecular flexibility index (Phi) is 5.53. The van der Waals surface area contributed by atoms with E-state index in [2.05, 4.69) is 5.16 Å². The van der Waals surface area contributed by atoms with Crippen molar-refractivity contribution in [2.24, 2.45) is 0 Å². The molecule has 2 heterocycles. The third-order valence-corrected chi connectivity index (χ3v) is 5.06. The van der Waals surface area contributed by atoms with Gasteiger partial charge >= 0.3 is 5.97 Å². The molecule has 0 fully saturated rings. The minimum Gasteiger partial charge on any atom is -0.489 e. The number of fused-ring (bicyclic) bond motifs is 1. The minimum absolute atomic E-state index is 0.0136. The van der Waals surface area contributed by atoms with Gasteiger partial charge in [-0.15, -0.1) is 0 Å². The average Bonchev–Trinajstić information content (AvgIpc) is 3.23. The molecule has 4 rings (SSSR count). The molecular formula is C23H20N2O6. The van der Waals surface area contributed by atoms with E-state index in [-0.39, 0.29) is 31.6 Å². The molecule has 8 nitrogen and oxygen atoms in total. The lowest BCUT2D eigenvalue weighted by molar-refractivity contribution is 0.0420. The molecule has 0 saturated heterocycles. The topological polar surface area (TPSA) is 98.9 Å². The van der Waals surface area contributed by atoms with E-state index in [1.807, 2.05) is 6.92 Å². The molecule has 1 aliphatic rings. The maximum absolute atomic E-state index is 12.4. The van der Waals surface area contributed by atoms with Crippen LogP contribution < -0.4 is 4.74 Å². The first-order valence-electron chi connectivity index (χ1n) is 9.72. The van der Waals surface area contributed by atoms with Crippen LogP contribution in [0.2, 0.25) is 0 Å². The number of nitrogens with zero attached hydrogens (tertiary/aromatic N) is 2. The summed E-state index contributed by atoms with van der Waals surface area (Å²) in [5.74, 6) is -0.159. The highest BCUT2D eigenvalue weighted by Gasteiger charge is 2.34. The van der Waals surface area contributed by atoms with Crippen molar-refractivity contribution in [1.29, 1.82) is 0 Å². The summed E-state index contributed by atoms with van der Waals surface area (Å²) in [6, 6.07) is 13.2. The Hall–Kier alpha value is -3.94. The molecule has 0 aliphatic carbocycles. The van der Waals surface area contributed by atoms with Crippen molar-refractivity contribution < 1.29 is 28.4 Å². The predicted octanol–water partition coefficient (Wildman–Crippen LogP) is 3.32. The van der Waals surface area contributed by atoms with E-state index in [4.69, 9.17) is 14.0 Å².